The number of esters is 1. The number of amides is 2. The second-order valence-electron chi connectivity index (χ2n) is 9.91. The number of ether oxygens (including phenoxy) is 1. The van der Waals surface area contributed by atoms with Gasteiger partial charge in [-0.05, 0) is 91.4 Å². The summed E-state index contributed by atoms with van der Waals surface area (Å²) in [4.78, 5) is 40.5. The molecule has 2 N–H and O–H groups in total. The van der Waals surface area contributed by atoms with Gasteiger partial charge in [-0.15, -0.1) is 11.3 Å². The molecule has 0 bridgehead atoms. The highest BCUT2D eigenvalue weighted by Crippen LogP contribution is 2.36. The highest BCUT2D eigenvalue weighted by atomic mass is 35.5. The van der Waals surface area contributed by atoms with Gasteiger partial charge in [0.2, 0.25) is 5.91 Å². The first-order chi connectivity index (χ1) is 18.9. The number of thioether (sulfide) groups is 1. The van der Waals surface area contributed by atoms with Crippen LogP contribution in [0.15, 0.2) is 58.8 Å². The van der Waals surface area contributed by atoms with Crippen LogP contribution in [0.1, 0.15) is 48.0 Å². The summed E-state index contributed by atoms with van der Waals surface area (Å²) >= 11 is 14.2. The molecule has 0 atom stereocenters. The van der Waals surface area contributed by atoms with Crippen LogP contribution in [0.2, 0.25) is 5.02 Å². The highest BCUT2D eigenvalue weighted by Gasteiger charge is 2.32. The monoisotopic (exact) mass is 614 g/mol. The molecule has 11 heteroatoms. The highest BCUT2D eigenvalue weighted by molar-refractivity contribution is 8.26. The van der Waals surface area contributed by atoms with Crippen molar-refractivity contribution in [1.29, 1.82) is 0 Å². The first-order valence-corrected chi connectivity index (χ1v) is 14.8. The minimum Gasteiger partial charge on any atom is -0.456 e. The molecule has 1 saturated heterocycles. The third-order valence-corrected chi connectivity index (χ3v) is 8.18. The topological polar surface area (TPSA) is 95.9 Å². The minimum atomic E-state index is -0.598. The van der Waals surface area contributed by atoms with Crippen LogP contribution in [-0.2, 0) is 20.9 Å². The summed E-state index contributed by atoms with van der Waals surface area (Å²) in [6.07, 6.45) is 1.83. The van der Waals surface area contributed by atoms with Crippen LogP contribution in [0.3, 0.4) is 0 Å². The van der Waals surface area contributed by atoms with Gasteiger partial charge in [0.05, 0.1) is 17.1 Å². The number of benzene rings is 2. The Morgan fingerprint density at radius 1 is 1.15 bits per heavy atom. The van der Waals surface area contributed by atoms with E-state index in [9.17, 15) is 19.5 Å². The molecule has 4 rings (SSSR count). The molecule has 1 aliphatic rings. The Bertz CT molecular complexity index is 1490. The standard InChI is InChI=1S/C29H27ClN2O5S3/c1-29(2,3)37-27(36)17-5-8-21(9-6-17)31-25(34)10-11-32-26(35)24(40-28(32)38)14-22-12-19(16-39-22)23-13-20(30)7-4-18(23)15-33/h4-9,12-14,16,33H,10-11,15H2,1-3H3,(H,31,34)/b24-14-. The molecule has 0 unspecified atom stereocenters. The lowest BCUT2D eigenvalue weighted by Gasteiger charge is -2.19. The fraction of sp³-hybridized carbons (Fsp3) is 0.241. The van der Waals surface area contributed by atoms with E-state index in [4.69, 9.17) is 28.6 Å². The molecule has 1 aromatic heterocycles. The first kappa shape index (κ1) is 30.0. The first-order valence-electron chi connectivity index (χ1n) is 12.3. The molecule has 0 aliphatic carbocycles. The van der Waals surface area contributed by atoms with Gasteiger partial charge in [0, 0.05) is 28.6 Å². The SMILES string of the molecule is CC(C)(C)OC(=O)c1ccc(NC(=O)CCN2C(=O)/C(=C/c3cc(-c4cc(Cl)ccc4CO)cs3)SC2=S)cc1. The molecule has 1 aliphatic heterocycles. The van der Waals surface area contributed by atoms with Crippen LogP contribution >= 0.6 is 46.9 Å². The molecular weight excluding hydrogens is 588 g/mol. The normalized spacial score (nSPS) is 14.6. The van der Waals surface area contributed by atoms with E-state index in [0.29, 0.717) is 25.5 Å². The average Bonchev–Trinajstić information content (AvgIpc) is 3.46. The van der Waals surface area contributed by atoms with Gasteiger partial charge in [-0.1, -0.05) is 41.6 Å². The summed E-state index contributed by atoms with van der Waals surface area (Å²) in [6.45, 7) is 5.41. The number of rotatable bonds is 8. The van der Waals surface area contributed by atoms with Gasteiger partial charge in [-0.3, -0.25) is 14.5 Å². The number of aliphatic hydroxyl groups excluding tert-OH is 1. The van der Waals surface area contributed by atoms with Gasteiger partial charge in [0.1, 0.15) is 9.92 Å². The molecule has 0 spiro atoms. The molecule has 1 fully saturated rings. The molecule has 40 heavy (non-hydrogen) atoms. The van der Waals surface area contributed by atoms with Crippen LogP contribution in [0.4, 0.5) is 5.69 Å². The molecule has 2 amide bonds. The summed E-state index contributed by atoms with van der Waals surface area (Å²) in [5.41, 5.74) is 2.81. The molecule has 7 nitrogen and oxygen atoms in total. The summed E-state index contributed by atoms with van der Waals surface area (Å²) in [7, 11) is 0. The summed E-state index contributed by atoms with van der Waals surface area (Å²) in [5.74, 6) is -0.976. The number of nitrogens with one attached hydrogen (secondary N) is 1. The number of hydrogen-bond acceptors (Lipinski definition) is 8. The molecule has 0 radical (unpaired) electrons. The largest absolute Gasteiger partial charge is 0.456 e. The predicted octanol–water partition coefficient (Wildman–Crippen LogP) is 6.75. The smallest absolute Gasteiger partial charge is 0.338 e. The van der Waals surface area contributed by atoms with Crippen LogP contribution in [-0.4, -0.2) is 44.3 Å². The Balaban J connectivity index is 1.35. The van der Waals surface area contributed by atoms with Crippen LogP contribution in [0, 0.1) is 0 Å². The van der Waals surface area contributed by atoms with Gasteiger partial charge >= 0.3 is 5.97 Å². The number of halogens is 1. The van der Waals surface area contributed by atoms with Crippen molar-refractivity contribution in [1.82, 2.24) is 4.90 Å². The maximum Gasteiger partial charge on any atom is 0.338 e. The number of aliphatic hydroxyl groups is 1. The second kappa shape index (κ2) is 12.7. The Labute approximate surface area is 251 Å². The van der Waals surface area contributed by atoms with E-state index in [0.717, 1.165) is 21.6 Å². The quantitative estimate of drug-likeness (QED) is 0.165. The van der Waals surface area contributed by atoms with E-state index in [-0.39, 0.29) is 31.4 Å². The van der Waals surface area contributed by atoms with Crippen LogP contribution in [0.5, 0.6) is 0 Å². The van der Waals surface area contributed by atoms with Crippen molar-refractivity contribution in [3.8, 4) is 11.1 Å². The van der Waals surface area contributed by atoms with Crippen molar-refractivity contribution >= 4 is 80.8 Å². The van der Waals surface area contributed by atoms with Gasteiger partial charge in [0.25, 0.3) is 5.91 Å². The van der Waals surface area contributed by atoms with Gasteiger partial charge in [0.15, 0.2) is 0 Å². The Morgan fingerprint density at radius 3 is 2.55 bits per heavy atom. The predicted molar refractivity (Wildman–Crippen MR) is 165 cm³/mol. The molecule has 2 heterocycles. The lowest BCUT2D eigenvalue weighted by molar-refractivity contribution is -0.122. The number of thiocarbonyl (C=S) groups is 1. The molecule has 3 aromatic rings. The maximum absolute atomic E-state index is 13.0. The Kier molecular flexibility index (Phi) is 9.48. The van der Waals surface area contributed by atoms with Crippen molar-refractivity contribution in [2.24, 2.45) is 0 Å². The zero-order valence-corrected chi connectivity index (χ0v) is 25.2. The van der Waals surface area contributed by atoms with E-state index < -0.39 is 11.6 Å². The van der Waals surface area contributed by atoms with E-state index in [1.54, 1.807) is 69.3 Å². The van der Waals surface area contributed by atoms with Crippen LogP contribution in [0.25, 0.3) is 17.2 Å². The third kappa shape index (κ3) is 7.58. The summed E-state index contributed by atoms with van der Waals surface area (Å²) in [6, 6.07) is 13.7. The van der Waals surface area contributed by atoms with E-state index in [2.05, 4.69) is 5.32 Å². The molecule has 0 saturated carbocycles. The van der Waals surface area contributed by atoms with Crippen molar-refractivity contribution < 1.29 is 24.2 Å². The fourth-order valence-corrected chi connectivity index (χ4v) is 6.20. The number of hydrogen-bond donors (Lipinski definition) is 2. The van der Waals surface area contributed by atoms with Crippen LogP contribution < -0.4 is 5.32 Å². The zero-order chi connectivity index (χ0) is 29.0. The number of thiophene rings is 1. The zero-order valence-electron chi connectivity index (χ0n) is 22.0. The third-order valence-electron chi connectivity index (χ3n) is 5.69. The number of carbonyl (C=O) groups excluding carboxylic acids is 3. The maximum atomic E-state index is 13.0. The van der Waals surface area contributed by atoms with E-state index in [1.807, 2.05) is 11.4 Å². The van der Waals surface area contributed by atoms with Crippen molar-refractivity contribution in [2.75, 3.05) is 11.9 Å². The number of carbonyl (C=O) groups is 3. The van der Waals surface area contributed by atoms with Gasteiger partial charge < -0.3 is 15.2 Å². The van der Waals surface area contributed by atoms with E-state index >= 15 is 0 Å². The Hall–Kier alpha value is -3.02. The number of anilines is 1. The van der Waals surface area contributed by atoms with Crippen molar-refractivity contribution in [2.45, 2.75) is 39.4 Å². The summed E-state index contributed by atoms with van der Waals surface area (Å²) < 4.78 is 5.73. The lowest BCUT2D eigenvalue weighted by Crippen LogP contribution is -2.31. The second-order valence-corrected chi connectivity index (χ2v) is 13.0. The van der Waals surface area contributed by atoms with E-state index in [1.165, 1.54) is 28.0 Å². The van der Waals surface area contributed by atoms with Gasteiger partial charge in [-0.2, -0.15) is 0 Å². The average molecular weight is 615 g/mol. The fourth-order valence-electron chi connectivity index (χ4n) is 3.81. The minimum absolute atomic E-state index is 0.0510. The molecular formula is C29H27ClN2O5S3. The van der Waals surface area contributed by atoms with Crippen molar-refractivity contribution in [3.05, 3.63) is 79.8 Å². The Morgan fingerprint density at radius 2 is 1.88 bits per heavy atom. The lowest BCUT2D eigenvalue weighted by atomic mass is 10.0. The summed E-state index contributed by atoms with van der Waals surface area (Å²) in [5, 5.41) is 15.0. The van der Waals surface area contributed by atoms with Gasteiger partial charge in [-0.25, -0.2) is 4.79 Å². The molecule has 208 valence electrons. The molecule has 2 aromatic carbocycles. The van der Waals surface area contributed by atoms with Crippen molar-refractivity contribution in [3.63, 3.8) is 0 Å². The number of nitrogens with zero attached hydrogens (tertiary/aromatic N) is 1.